The van der Waals surface area contributed by atoms with Crippen molar-refractivity contribution in [2.45, 2.75) is 24.8 Å². The lowest BCUT2D eigenvalue weighted by Gasteiger charge is -2.53. The molecule has 2 fully saturated rings. The van der Waals surface area contributed by atoms with Gasteiger partial charge in [0.2, 0.25) is 11.8 Å². The zero-order valence-electron chi connectivity index (χ0n) is 19.1. The summed E-state index contributed by atoms with van der Waals surface area (Å²) in [4.78, 5) is 47.7. The van der Waals surface area contributed by atoms with Crippen LogP contribution in [0.2, 0.25) is 0 Å². The number of carboxylic acid groups (broad SMARTS) is 1. The van der Waals surface area contributed by atoms with Crippen molar-refractivity contribution in [1.29, 1.82) is 0 Å². The number of aliphatic hydroxyl groups is 1. The summed E-state index contributed by atoms with van der Waals surface area (Å²) in [5, 5.41) is 28.0. The number of hydrogen-bond acceptors (Lipinski definition) is 13. The van der Waals surface area contributed by atoms with Crippen LogP contribution in [0.25, 0.3) is 0 Å². The zero-order valence-corrected chi connectivity index (χ0v) is 21.5. The largest absolute Gasteiger partial charge is 0.481 e. The first-order chi connectivity index (χ1) is 17.2. The standard InChI is InChI=1S/C20H24N8O5S3/c1-10-2-14(28-12(22-10)4-26(9-29)25-28)35-7-20(18(32)33)6-27-16(31)15(17(27)36-8-20)24-13(30)3-11-5-34-19(21)23-11/h2,4-5,15,17,25,29H,3,6-9H2,1H3,(H2,21,23)(H,24,30)(H,32,33)/t15?,17-,20?/m1/s1. The van der Waals surface area contributed by atoms with Gasteiger partial charge in [0.1, 0.15) is 23.6 Å². The second-order valence-corrected chi connectivity index (χ2v) is 11.7. The lowest BCUT2D eigenvalue weighted by Crippen LogP contribution is -2.74. The van der Waals surface area contributed by atoms with Gasteiger partial charge < -0.3 is 26.2 Å². The molecule has 2 unspecified atom stereocenters. The first-order valence-electron chi connectivity index (χ1n) is 10.9. The van der Waals surface area contributed by atoms with Crippen LogP contribution < -0.4 is 16.6 Å². The number of carbonyl (C=O) groups excluding carboxylic acids is 2. The number of aliphatic imine (C=N–C) groups is 1. The Morgan fingerprint density at radius 1 is 1.44 bits per heavy atom. The Morgan fingerprint density at radius 3 is 2.94 bits per heavy atom. The number of aromatic nitrogens is 1. The number of nitrogens with two attached hydrogens (primary N) is 1. The number of anilines is 1. The Morgan fingerprint density at radius 2 is 2.25 bits per heavy atom. The second-order valence-electron chi connectivity index (χ2n) is 8.71. The number of aliphatic hydroxyl groups excluding tert-OH is 1. The SMILES string of the molecule is CC1=NC2=CN(CO)NN2C(SCC2(C(=O)O)CS[C@@H]3C(NC(=O)Cc4csc(N)n4)C(=O)N3C2)=C1. The lowest BCUT2D eigenvalue weighted by atomic mass is 9.89. The van der Waals surface area contributed by atoms with E-state index in [1.165, 1.54) is 44.8 Å². The fourth-order valence-electron chi connectivity index (χ4n) is 4.19. The number of rotatable bonds is 8. The first kappa shape index (κ1) is 24.9. The third-order valence-corrected chi connectivity index (χ3v) is 9.65. The zero-order chi connectivity index (χ0) is 25.6. The number of nitrogens with zero attached hydrogens (tertiary/aromatic N) is 5. The summed E-state index contributed by atoms with van der Waals surface area (Å²) in [5.74, 6) is -0.504. The Labute approximate surface area is 218 Å². The molecule has 2 amide bonds. The summed E-state index contributed by atoms with van der Waals surface area (Å²) < 4.78 is 0. The molecule has 2 saturated heterocycles. The van der Waals surface area contributed by atoms with Crippen molar-refractivity contribution in [3.05, 3.63) is 34.2 Å². The molecule has 4 aliphatic heterocycles. The summed E-state index contributed by atoms with van der Waals surface area (Å²) in [6, 6.07) is -0.691. The maximum Gasteiger partial charge on any atom is 0.313 e. The average molecular weight is 553 g/mol. The monoisotopic (exact) mass is 552 g/mol. The quantitative estimate of drug-likeness (QED) is 0.264. The van der Waals surface area contributed by atoms with Crippen molar-refractivity contribution >= 4 is 63.5 Å². The minimum Gasteiger partial charge on any atom is -0.481 e. The molecule has 5 rings (SSSR count). The van der Waals surface area contributed by atoms with Crippen molar-refractivity contribution in [3.8, 4) is 0 Å². The van der Waals surface area contributed by atoms with Crippen molar-refractivity contribution in [3.63, 3.8) is 0 Å². The molecule has 4 aliphatic rings. The Balaban J connectivity index is 1.22. The summed E-state index contributed by atoms with van der Waals surface area (Å²) in [6.45, 7) is 1.64. The molecular formula is C20H24N8O5S3. The Bertz CT molecular complexity index is 1200. The number of β-lactam (4-membered cyclic amide) rings is 1. The average Bonchev–Trinajstić information content (AvgIpc) is 3.45. The molecule has 0 spiro atoms. The molecule has 1 aromatic heterocycles. The van der Waals surface area contributed by atoms with Gasteiger partial charge in [-0.25, -0.2) is 15.0 Å². The van der Waals surface area contributed by atoms with Crippen molar-refractivity contribution in [1.82, 2.24) is 30.8 Å². The number of carboxylic acids is 1. The number of thiazole rings is 1. The van der Waals surface area contributed by atoms with Crippen LogP contribution in [0.4, 0.5) is 5.13 Å². The molecule has 192 valence electrons. The van der Waals surface area contributed by atoms with Gasteiger partial charge in [0.25, 0.3) is 0 Å². The van der Waals surface area contributed by atoms with E-state index in [4.69, 9.17) is 5.73 Å². The van der Waals surface area contributed by atoms with Gasteiger partial charge in [-0.3, -0.25) is 19.4 Å². The number of hydrogen-bond donors (Lipinski definition) is 5. The molecule has 6 N–H and O–H groups in total. The van der Waals surface area contributed by atoms with Gasteiger partial charge in [0.15, 0.2) is 11.0 Å². The number of aliphatic carboxylic acids is 1. The van der Waals surface area contributed by atoms with E-state index in [1.54, 1.807) is 16.6 Å². The molecule has 13 nitrogen and oxygen atoms in total. The summed E-state index contributed by atoms with van der Waals surface area (Å²) in [7, 11) is 0. The number of nitrogens with one attached hydrogen (secondary N) is 2. The third kappa shape index (κ3) is 4.54. The highest BCUT2D eigenvalue weighted by Crippen LogP contribution is 2.45. The molecule has 0 aromatic carbocycles. The highest BCUT2D eigenvalue weighted by Gasteiger charge is 2.57. The van der Waals surface area contributed by atoms with E-state index in [-0.39, 0.29) is 48.4 Å². The molecule has 16 heteroatoms. The molecule has 3 atom stereocenters. The topological polar surface area (TPSA) is 177 Å². The Kier molecular flexibility index (Phi) is 6.63. The summed E-state index contributed by atoms with van der Waals surface area (Å²) >= 11 is 3.95. The van der Waals surface area contributed by atoms with E-state index in [2.05, 4.69) is 20.8 Å². The second kappa shape index (κ2) is 9.59. The summed E-state index contributed by atoms with van der Waals surface area (Å²) in [6.07, 6.45) is 3.51. The summed E-state index contributed by atoms with van der Waals surface area (Å²) in [5.41, 5.74) is 8.71. The normalized spacial score (nSPS) is 27.0. The number of hydrazine groups is 2. The van der Waals surface area contributed by atoms with E-state index in [0.29, 0.717) is 16.6 Å². The van der Waals surface area contributed by atoms with Crippen LogP contribution in [0.5, 0.6) is 0 Å². The predicted molar refractivity (Wildman–Crippen MR) is 136 cm³/mol. The van der Waals surface area contributed by atoms with Gasteiger partial charge in [-0.05, 0) is 13.0 Å². The van der Waals surface area contributed by atoms with Gasteiger partial charge in [0.05, 0.1) is 23.3 Å². The van der Waals surface area contributed by atoms with Gasteiger partial charge in [-0.15, -0.1) is 40.4 Å². The van der Waals surface area contributed by atoms with Crippen LogP contribution in [0.1, 0.15) is 12.6 Å². The van der Waals surface area contributed by atoms with E-state index < -0.39 is 17.4 Å². The number of allylic oxidation sites excluding steroid dienone is 1. The van der Waals surface area contributed by atoms with E-state index in [9.17, 15) is 24.6 Å². The van der Waals surface area contributed by atoms with Crippen molar-refractivity contribution in [2.75, 3.05) is 30.5 Å². The van der Waals surface area contributed by atoms with Crippen LogP contribution in [-0.2, 0) is 20.8 Å². The molecular weight excluding hydrogens is 528 g/mol. The molecule has 0 bridgehead atoms. The van der Waals surface area contributed by atoms with Gasteiger partial charge in [-0.1, -0.05) is 0 Å². The Hall–Kier alpha value is -2.79. The van der Waals surface area contributed by atoms with Gasteiger partial charge in [-0.2, -0.15) is 0 Å². The maximum atomic E-state index is 12.8. The number of amides is 2. The minimum absolute atomic E-state index is 0.0249. The molecule has 36 heavy (non-hydrogen) atoms. The van der Waals surface area contributed by atoms with Crippen LogP contribution in [0.15, 0.2) is 33.5 Å². The molecule has 0 radical (unpaired) electrons. The molecule has 1 aromatic rings. The van der Waals surface area contributed by atoms with Crippen LogP contribution in [-0.4, -0.2) is 89.8 Å². The minimum atomic E-state index is -1.17. The molecule has 0 aliphatic carbocycles. The van der Waals surface area contributed by atoms with E-state index in [0.717, 1.165) is 10.7 Å². The molecule has 5 heterocycles. The van der Waals surface area contributed by atoms with E-state index >= 15 is 0 Å². The highest BCUT2D eigenvalue weighted by atomic mass is 32.2. The van der Waals surface area contributed by atoms with Crippen LogP contribution >= 0.6 is 34.9 Å². The first-order valence-corrected chi connectivity index (χ1v) is 13.8. The third-order valence-electron chi connectivity index (χ3n) is 6.05. The predicted octanol–water partition coefficient (Wildman–Crippen LogP) is -0.426. The van der Waals surface area contributed by atoms with Gasteiger partial charge >= 0.3 is 5.97 Å². The van der Waals surface area contributed by atoms with E-state index in [1.807, 2.05) is 13.0 Å². The smallest absolute Gasteiger partial charge is 0.313 e. The maximum absolute atomic E-state index is 12.8. The lowest BCUT2D eigenvalue weighted by molar-refractivity contribution is -0.157. The number of nitrogen functional groups attached to an aromatic ring is 1. The van der Waals surface area contributed by atoms with Gasteiger partial charge in [0, 0.05) is 29.1 Å². The van der Waals surface area contributed by atoms with Crippen LogP contribution in [0.3, 0.4) is 0 Å². The van der Waals surface area contributed by atoms with Crippen LogP contribution in [0, 0.1) is 5.41 Å². The number of fused-ring (bicyclic) bond motifs is 2. The number of thioether (sulfide) groups is 2. The highest BCUT2D eigenvalue weighted by molar-refractivity contribution is 8.03. The van der Waals surface area contributed by atoms with Crippen molar-refractivity contribution in [2.24, 2.45) is 10.4 Å². The number of carbonyl (C=O) groups is 3. The van der Waals surface area contributed by atoms with Crippen molar-refractivity contribution < 1.29 is 24.6 Å². The fraction of sp³-hybridized carbons (Fsp3) is 0.450. The fourth-order valence-corrected chi connectivity index (χ4v) is 7.68. The molecule has 0 saturated carbocycles.